The molecule has 0 unspecified atom stereocenters. The number of carbonyl (C=O) groups is 2. The maximum atomic E-state index is 12.4. The van der Waals surface area contributed by atoms with Crippen molar-refractivity contribution in [1.29, 1.82) is 0 Å². The molecule has 1 heterocycles. The van der Waals surface area contributed by atoms with Crippen LogP contribution in [0.4, 0.5) is 0 Å². The van der Waals surface area contributed by atoms with E-state index >= 15 is 0 Å². The van der Waals surface area contributed by atoms with Crippen LogP contribution in [0.5, 0.6) is 0 Å². The van der Waals surface area contributed by atoms with Crippen LogP contribution in [0.25, 0.3) is 0 Å². The molecule has 2 N–H and O–H groups in total. The molecule has 4 heteroatoms. The molecule has 1 amide bonds. The van der Waals surface area contributed by atoms with E-state index in [0.29, 0.717) is 11.4 Å². The maximum absolute atomic E-state index is 12.4. The van der Waals surface area contributed by atoms with Crippen LogP contribution in [-0.4, -0.2) is 22.7 Å². The van der Waals surface area contributed by atoms with Gasteiger partial charge in [0.05, 0.1) is 5.69 Å². The Morgan fingerprint density at radius 1 is 1.15 bits per heavy atom. The third kappa shape index (κ3) is 1.89. The summed E-state index contributed by atoms with van der Waals surface area (Å²) in [6.45, 7) is 0. The van der Waals surface area contributed by atoms with Gasteiger partial charge in [0.2, 0.25) is 0 Å². The number of aldehydes is 1. The van der Waals surface area contributed by atoms with Crippen molar-refractivity contribution < 1.29 is 9.59 Å². The Morgan fingerprint density at radius 2 is 1.75 bits per heavy atom. The number of rotatable bonds is 3. The van der Waals surface area contributed by atoms with Gasteiger partial charge in [-0.25, -0.2) is 0 Å². The normalized spacial score (nSPS) is 37.9. The molecular weight excluding hydrogens is 252 g/mol. The quantitative estimate of drug-likeness (QED) is 0.831. The highest BCUT2D eigenvalue weighted by molar-refractivity contribution is 5.94. The topological polar surface area (TPSA) is 62.0 Å². The number of carbonyl (C=O) groups excluding carboxylic acids is 2. The zero-order chi connectivity index (χ0) is 13.7. The third-order valence-corrected chi connectivity index (χ3v) is 5.50. The van der Waals surface area contributed by atoms with Crippen molar-refractivity contribution in [3.63, 3.8) is 0 Å². The Balaban J connectivity index is 1.53. The lowest BCUT2D eigenvalue weighted by atomic mass is 9.53. The van der Waals surface area contributed by atoms with Crippen LogP contribution >= 0.6 is 0 Å². The van der Waals surface area contributed by atoms with E-state index in [-0.39, 0.29) is 11.4 Å². The molecule has 4 aliphatic rings. The summed E-state index contributed by atoms with van der Waals surface area (Å²) < 4.78 is 0. The molecule has 0 saturated heterocycles. The Labute approximate surface area is 118 Å². The van der Waals surface area contributed by atoms with Crippen molar-refractivity contribution in [3.8, 4) is 0 Å². The summed E-state index contributed by atoms with van der Waals surface area (Å²) in [5, 5.41) is 3.29. The Bertz CT molecular complexity index is 525. The molecule has 20 heavy (non-hydrogen) atoms. The first kappa shape index (κ1) is 12.2. The molecule has 5 rings (SSSR count). The second-order valence-corrected chi connectivity index (χ2v) is 7.10. The molecule has 1 aromatic rings. The number of aromatic nitrogens is 1. The van der Waals surface area contributed by atoms with Gasteiger partial charge in [0.1, 0.15) is 5.69 Å². The van der Waals surface area contributed by atoms with E-state index in [9.17, 15) is 9.59 Å². The predicted molar refractivity (Wildman–Crippen MR) is 74.5 cm³/mol. The average Bonchev–Trinajstić information content (AvgIpc) is 2.85. The van der Waals surface area contributed by atoms with E-state index in [1.165, 1.54) is 19.3 Å². The van der Waals surface area contributed by atoms with Crippen LogP contribution in [-0.2, 0) is 0 Å². The second kappa shape index (κ2) is 4.21. The van der Waals surface area contributed by atoms with Crippen molar-refractivity contribution >= 4 is 12.2 Å². The molecular formula is C16H20N2O2. The van der Waals surface area contributed by atoms with Crippen LogP contribution in [0.1, 0.15) is 59.5 Å². The molecule has 4 bridgehead atoms. The molecule has 0 radical (unpaired) electrons. The largest absolute Gasteiger partial charge is 0.348 e. The first-order chi connectivity index (χ1) is 9.66. The zero-order valence-electron chi connectivity index (χ0n) is 11.5. The molecule has 4 nitrogen and oxygen atoms in total. The second-order valence-electron chi connectivity index (χ2n) is 7.10. The van der Waals surface area contributed by atoms with E-state index in [2.05, 4.69) is 10.3 Å². The first-order valence-electron chi connectivity index (χ1n) is 7.62. The van der Waals surface area contributed by atoms with Crippen LogP contribution in [0.15, 0.2) is 12.1 Å². The van der Waals surface area contributed by atoms with Gasteiger partial charge in [0, 0.05) is 5.54 Å². The van der Waals surface area contributed by atoms with E-state index in [1.54, 1.807) is 12.1 Å². The van der Waals surface area contributed by atoms with Gasteiger partial charge in [-0.1, -0.05) is 0 Å². The van der Waals surface area contributed by atoms with Crippen molar-refractivity contribution in [2.24, 2.45) is 17.8 Å². The Kier molecular flexibility index (Phi) is 2.56. The van der Waals surface area contributed by atoms with Crippen molar-refractivity contribution in [1.82, 2.24) is 10.3 Å². The third-order valence-electron chi connectivity index (χ3n) is 5.50. The summed E-state index contributed by atoms with van der Waals surface area (Å²) >= 11 is 0. The summed E-state index contributed by atoms with van der Waals surface area (Å²) in [6.07, 6.45) is 8.28. The number of aromatic amines is 1. The van der Waals surface area contributed by atoms with Gasteiger partial charge < -0.3 is 10.3 Å². The minimum absolute atomic E-state index is 0.0261. The molecule has 1 aromatic heterocycles. The smallest absolute Gasteiger partial charge is 0.268 e. The lowest BCUT2D eigenvalue weighted by Gasteiger charge is -2.56. The molecule has 0 aliphatic heterocycles. The summed E-state index contributed by atoms with van der Waals surface area (Å²) in [6, 6.07) is 3.35. The van der Waals surface area contributed by atoms with Crippen LogP contribution in [0, 0.1) is 17.8 Å². The van der Waals surface area contributed by atoms with Gasteiger partial charge in [-0.15, -0.1) is 0 Å². The lowest BCUT2D eigenvalue weighted by molar-refractivity contribution is -0.0167. The van der Waals surface area contributed by atoms with E-state index in [4.69, 9.17) is 0 Å². The lowest BCUT2D eigenvalue weighted by Crippen LogP contribution is -2.59. The molecule has 4 aliphatic carbocycles. The standard InChI is InChI=1S/C16H20N2O2/c19-9-13-1-2-14(17-13)15(20)18-16-6-10-3-11(7-16)5-12(4-10)8-16/h1-2,9-12,17H,3-8H2,(H,18,20). The van der Waals surface area contributed by atoms with Gasteiger partial charge in [0.15, 0.2) is 6.29 Å². The molecule has 106 valence electrons. The predicted octanol–water partition coefficient (Wildman–Crippen LogP) is 2.53. The summed E-state index contributed by atoms with van der Waals surface area (Å²) in [4.78, 5) is 26.0. The first-order valence-corrected chi connectivity index (χ1v) is 7.62. The number of amides is 1. The minimum atomic E-state index is -0.0555. The minimum Gasteiger partial charge on any atom is -0.348 e. The van der Waals surface area contributed by atoms with Crippen LogP contribution < -0.4 is 5.32 Å². The van der Waals surface area contributed by atoms with Crippen LogP contribution in [0.3, 0.4) is 0 Å². The number of hydrogen-bond acceptors (Lipinski definition) is 2. The molecule has 4 fully saturated rings. The summed E-state index contributed by atoms with van der Waals surface area (Å²) in [7, 11) is 0. The summed E-state index contributed by atoms with van der Waals surface area (Å²) in [5.74, 6) is 2.39. The summed E-state index contributed by atoms with van der Waals surface area (Å²) in [5.41, 5.74) is 0.988. The van der Waals surface area contributed by atoms with Gasteiger partial charge in [-0.05, 0) is 68.4 Å². The van der Waals surface area contributed by atoms with Crippen molar-refractivity contribution in [2.75, 3.05) is 0 Å². The van der Waals surface area contributed by atoms with Gasteiger partial charge in [0.25, 0.3) is 5.91 Å². The number of hydrogen-bond donors (Lipinski definition) is 2. The fourth-order valence-corrected chi connectivity index (χ4v) is 5.19. The van der Waals surface area contributed by atoms with Crippen molar-refractivity contribution in [2.45, 2.75) is 44.1 Å². The van der Waals surface area contributed by atoms with Gasteiger partial charge >= 0.3 is 0 Å². The van der Waals surface area contributed by atoms with Crippen molar-refractivity contribution in [3.05, 3.63) is 23.5 Å². The molecule has 0 atom stereocenters. The van der Waals surface area contributed by atoms with E-state index in [0.717, 1.165) is 43.3 Å². The van der Waals surface area contributed by atoms with E-state index < -0.39 is 0 Å². The van der Waals surface area contributed by atoms with Crippen LogP contribution in [0.2, 0.25) is 0 Å². The number of nitrogens with one attached hydrogen (secondary N) is 2. The highest BCUT2D eigenvalue weighted by Crippen LogP contribution is 2.55. The monoisotopic (exact) mass is 272 g/mol. The zero-order valence-corrected chi connectivity index (χ0v) is 11.5. The fraction of sp³-hybridized carbons (Fsp3) is 0.625. The van der Waals surface area contributed by atoms with E-state index in [1.807, 2.05) is 0 Å². The number of H-pyrrole nitrogens is 1. The Morgan fingerprint density at radius 3 is 2.25 bits per heavy atom. The molecule has 4 saturated carbocycles. The SMILES string of the molecule is O=Cc1ccc(C(=O)NC23CC4CC(CC(C4)C2)C3)[nH]1. The Hall–Kier alpha value is -1.58. The maximum Gasteiger partial charge on any atom is 0.268 e. The van der Waals surface area contributed by atoms with Gasteiger partial charge in [-0.3, -0.25) is 9.59 Å². The molecule has 0 aromatic carbocycles. The average molecular weight is 272 g/mol. The highest BCUT2D eigenvalue weighted by atomic mass is 16.2. The fourth-order valence-electron chi connectivity index (χ4n) is 5.19. The highest BCUT2D eigenvalue weighted by Gasteiger charge is 2.51. The molecule has 0 spiro atoms. The van der Waals surface area contributed by atoms with Gasteiger partial charge in [-0.2, -0.15) is 0 Å².